The first kappa shape index (κ1) is 19.4. The van der Waals surface area contributed by atoms with Gasteiger partial charge >= 0.3 is 5.97 Å². The Morgan fingerprint density at radius 3 is 2.35 bits per heavy atom. The van der Waals surface area contributed by atoms with Crippen LogP contribution in [0, 0.1) is 11.3 Å². The molecule has 0 radical (unpaired) electrons. The second kappa shape index (κ2) is 8.99. The Morgan fingerprint density at radius 1 is 1.12 bits per heavy atom. The lowest BCUT2D eigenvalue weighted by atomic mass is 10.1. The Bertz CT molecular complexity index is 885. The molecule has 2 aromatic rings. The van der Waals surface area contributed by atoms with Crippen molar-refractivity contribution in [2.75, 3.05) is 20.3 Å². The molecule has 0 aliphatic carbocycles. The molecule has 8 heteroatoms. The van der Waals surface area contributed by atoms with E-state index in [2.05, 4.69) is 9.46 Å². The molecule has 0 amide bonds. The maximum Gasteiger partial charge on any atom is 0.309 e. The SMILES string of the molecule is COC(=O)Cc1ccc(OCCNS(=O)(=O)c2ccc(C#N)cc2)cc1. The third-order valence-electron chi connectivity index (χ3n) is 3.46. The molecule has 0 atom stereocenters. The zero-order chi connectivity index (χ0) is 19.0. The summed E-state index contributed by atoms with van der Waals surface area (Å²) in [6.07, 6.45) is 0.182. The lowest BCUT2D eigenvalue weighted by molar-refractivity contribution is -0.139. The van der Waals surface area contributed by atoms with Gasteiger partial charge in [0.15, 0.2) is 0 Å². The van der Waals surface area contributed by atoms with Crippen molar-refractivity contribution in [1.29, 1.82) is 5.26 Å². The van der Waals surface area contributed by atoms with Crippen LogP contribution in [0.15, 0.2) is 53.4 Å². The second-order valence-electron chi connectivity index (χ2n) is 5.28. The molecule has 136 valence electrons. The average Bonchev–Trinajstić information content (AvgIpc) is 2.66. The van der Waals surface area contributed by atoms with Crippen molar-refractivity contribution < 1.29 is 22.7 Å². The summed E-state index contributed by atoms with van der Waals surface area (Å²) < 4.78 is 36.8. The van der Waals surface area contributed by atoms with Gasteiger partial charge in [0, 0.05) is 6.54 Å². The van der Waals surface area contributed by atoms with Crippen molar-refractivity contribution in [3.63, 3.8) is 0 Å². The molecule has 0 aromatic heterocycles. The van der Waals surface area contributed by atoms with E-state index in [1.807, 2.05) is 6.07 Å². The lowest BCUT2D eigenvalue weighted by Crippen LogP contribution is -2.28. The fourth-order valence-electron chi connectivity index (χ4n) is 2.08. The maximum absolute atomic E-state index is 12.1. The zero-order valence-electron chi connectivity index (χ0n) is 14.1. The predicted molar refractivity (Wildman–Crippen MR) is 94.0 cm³/mol. The monoisotopic (exact) mass is 374 g/mol. The van der Waals surface area contributed by atoms with Gasteiger partial charge in [-0.2, -0.15) is 5.26 Å². The number of carbonyl (C=O) groups is 1. The molecule has 2 aromatic carbocycles. The van der Waals surface area contributed by atoms with Gasteiger partial charge in [0.1, 0.15) is 12.4 Å². The van der Waals surface area contributed by atoms with Crippen LogP contribution in [0.2, 0.25) is 0 Å². The fourth-order valence-corrected chi connectivity index (χ4v) is 3.09. The van der Waals surface area contributed by atoms with Crippen LogP contribution in [0.25, 0.3) is 0 Å². The van der Waals surface area contributed by atoms with Crippen molar-refractivity contribution >= 4 is 16.0 Å². The van der Waals surface area contributed by atoms with Gasteiger partial charge in [-0.15, -0.1) is 0 Å². The number of carbonyl (C=O) groups excluding carboxylic acids is 1. The number of hydrogen-bond donors (Lipinski definition) is 1. The van der Waals surface area contributed by atoms with Gasteiger partial charge in [-0.05, 0) is 42.0 Å². The van der Waals surface area contributed by atoms with Crippen LogP contribution in [0.3, 0.4) is 0 Å². The number of rotatable bonds is 8. The normalized spacial score (nSPS) is 10.8. The van der Waals surface area contributed by atoms with E-state index in [1.54, 1.807) is 24.3 Å². The number of hydrogen-bond acceptors (Lipinski definition) is 6. The van der Waals surface area contributed by atoms with E-state index in [9.17, 15) is 13.2 Å². The van der Waals surface area contributed by atoms with Crippen molar-refractivity contribution in [1.82, 2.24) is 4.72 Å². The van der Waals surface area contributed by atoms with Gasteiger partial charge in [0.2, 0.25) is 10.0 Å². The van der Waals surface area contributed by atoms with Gasteiger partial charge in [-0.25, -0.2) is 13.1 Å². The van der Waals surface area contributed by atoms with Gasteiger partial charge in [-0.1, -0.05) is 12.1 Å². The molecule has 0 saturated carbocycles. The Balaban J connectivity index is 1.82. The highest BCUT2D eigenvalue weighted by Crippen LogP contribution is 2.13. The fraction of sp³-hybridized carbons (Fsp3) is 0.222. The molecule has 1 N–H and O–H groups in total. The first-order valence-corrected chi connectivity index (χ1v) is 9.21. The molecule has 0 fully saturated rings. The van der Waals surface area contributed by atoms with Crippen LogP contribution >= 0.6 is 0 Å². The van der Waals surface area contributed by atoms with Crippen molar-refractivity contribution in [2.24, 2.45) is 0 Å². The first-order valence-electron chi connectivity index (χ1n) is 7.73. The molecule has 0 unspecified atom stereocenters. The smallest absolute Gasteiger partial charge is 0.309 e. The van der Waals surface area contributed by atoms with Crippen LogP contribution in [-0.4, -0.2) is 34.6 Å². The number of ether oxygens (including phenoxy) is 2. The van der Waals surface area contributed by atoms with Gasteiger partial charge in [0.25, 0.3) is 0 Å². The first-order chi connectivity index (χ1) is 12.4. The molecule has 2 rings (SSSR count). The minimum atomic E-state index is -3.65. The quantitative estimate of drug-likeness (QED) is 0.556. The van der Waals surface area contributed by atoms with E-state index >= 15 is 0 Å². The summed E-state index contributed by atoms with van der Waals surface area (Å²) in [6.45, 7) is 0.234. The Kier molecular flexibility index (Phi) is 6.72. The molecule has 0 bridgehead atoms. The van der Waals surface area contributed by atoms with Crippen molar-refractivity contribution in [3.05, 3.63) is 59.7 Å². The molecule has 0 aliphatic heterocycles. The predicted octanol–water partition coefficient (Wildman–Crippen LogP) is 1.63. The summed E-state index contributed by atoms with van der Waals surface area (Å²) in [5.41, 5.74) is 1.19. The third-order valence-corrected chi connectivity index (χ3v) is 4.93. The van der Waals surface area contributed by atoms with Crippen molar-refractivity contribution in [2.45, 2.75) is 11.3 Å². The van der Waals surface area contributed by atoms with E-state index in [0.717, 1.165) is 5.56 Å². The summed E-state index contributed by atoms with van der Waals surface area (Å²) in [5.74, 6) is 0.243. The maximum atomic E-state index is 12.1. The lowest BCUT2D eigenvalue weighted by Gasteiger charge is -2.09. The van der Waals surface area contributed by atoms with Gasteiger partial charge in [0.05, 0.1) is 30.1 Å². The van der Waals surface area contributed by atoms with E-state index in [-0.39, 0.29) is 30.4 Å². The van der Waals surface area contributed by atoms with Crippen LogP contribution < -0.4 is 9.46 Å². The second-order valence-corrected chi connectivity index (χ2v) is 7.05. The number of benzene rings is 2. The number of nitrogens with one attached hydrogen (secondary N) is 1. The Morgan fingerprint density at radius 2 is 1.77 bits per heavy atom. The summed E-state index contributed by atoms with van der Waals surface area (Å²) in [7, 11) is -2.32. The molecule has 0 spiro atoms. The van der Waals surface area contributed by atoms with Crippen LogP contribution in [0.5, 0.6) is 5.75 Å². The molecule has 0 heterocycles. The van der Waals surface area contributed by atoms with E-state index in [0.29, 0.717) is 11.3 Å². The number of esters is 1. The largest absolute Gasteiger partial charge is 0.492 e. The van der Waals surface area contributed by atoms with Crippen LogP contribution in [0.1, 0.15) is 11.1 Å². The van der Waals surface area contributed by atoms with E-state index in [4.69, 9.17) is 10.00 Å². The topological polar surface area (TPSA) is 105 Å². The van der Waals surface area contributed by atoms with Gasteiger partial charge in [-0.3, -0.25) is 4.79 Å². The third kappa shape index (κ3) is 5.58. The molecular weight excluding hydrogens is 356 g/mol. The molecular formula is C18H18N2O5S. The Labute approximate surface area is 152 Å². The van der Waals surface area contributed by atoms with E-state index in [1.165, 1.54) is 31.4 Å². The Hall–Kier alpha value is -2.89. The minimum Gasteiger partial charge on any atom is -0.492 e. The molecule has 0 aliphatic rings. The van der Waals surface area contributed by atoms with Crippen molar-refractivity contribution in [3.8, 4) is 11.8 Å². The molecule has 0 saturated heterocycles. The number of methoxy groups -OCH3 is 1. The van der Waals surface area contributed by atoms with Crippen LogP contribution in [-0.2, 0) is 26.0 Å². The molecule has 7 nitrogen and oxygen atoms in total. The average molecular weight is 374 g/mol. The highest BCUT2D eigenvalue weighted by atomic mass is 32.2. The highest BCUT2D eigenvalue weighted by Gasteiger charge is 2.13. The van der Waals surface area contributed by atoms with Crippen LogP contribution in [0.4, 0.5) is 0 Å². The number of nitrogens with zero attached hydrogens (tertiary/aromatic N) is 1. The number of nitriles is 1. The zero-order valence-corrected chi connectivity index (χ0v) is 15.0. The summed E-state index contributed by atoms with van der Waals surface area (Å²) in [5, 5.41) is 8.73. The van der Waals surface area contributed by atoms with E-state index < -0.39 is 10.0 Å². The summed E-state index contributed by atoms with van der Waals surface area (Å²) in [4.78, 5) is 11.3. The summed E-state index contributed by atoms with van der Waals surface area (Å²) >= 11 is 0. The highest BCUT2D eigenvalue weighted by molar-refractivity contribution is 7.89. The summed E-state index contributed by atoms with van der Waals surface area (Å²) in [6, 6.07) is 14.5. The standard InChI is InChI=1S/C18H18N2O5S/c1-24-18(21)12-14-2-6-16(7-3-14)25-11-10-20-26(22,23)17-8-4-15(13-19)5-9-17/h2-9,20H,10-12H2,1H3. The van der Waals surface area contributed by atoms with Gasteiger partial charge < -0.3 is 9.47 Å². The molecule has 26 heavy (non-hydrogen) atoms. The minimum absolute atomic E-state index is 0.0867. The number of sulfonamides is 1.